The zero-order valence-corrected chi connectivity index (χ0v) is 13.6. The molecule has 0 nitrogen and oxygen atoms in total. The summed E-state index contributed by atoms with van der Waals surface area (Å²) in [5, 5.41) is 0. The van der Waals surface area contributed by atoms with Crippen molar-refractivity contribution in [3.05, 3.63) is 60.7 Å². The maximum absolute atomic E-state index is 9.75. The average molecular weight is 408 g/mol. The molecule has 0 atom stereocenters. The van der Waals surface area contributed by atoms with Crippen molar-refractivity contribution in [2.75, 3.05) is 0 Å². The molecule has 0 aliphatic rings. The van der Waals surface area contributed by atoms with Gasteiger partial charge < -0.3 is 17.3 Å². The molecule has 0 aromatic heterocycles. The van der Waals surface area contributed by atoms with Crippen LogP contribution in [0.3, 0.4) is 0 Å². The first-order chi connectivity index (χ1) is 9.92. The van der Waals surface area contributed by atoms with Gasteiger partial charge in [0.2, 0.25) is 0 Å². The van der Waals surface area contributed by atoms with E-state index in [4.69, 9.17) is 0 Å². The second-order valence-corrected chi connectivity index (χ2v) is 8.80. The van der Waals surface area contributed by atoms with E-state index in [1.807, 2.05) is 6.92 Å². The summed E-state index contributed by atoms with van der Waals surface area (Å²) >= 11 is -1.65. The molecular weight excluding hydrogens is 395 g/mol. The smallest absolute Gasteiger partial charge is 0.418 e. The fourth-order valence-corrected chi connectivity index (χ4v) is 5.95. The molecule has 0 bridgehead atoms. The van der Waals surface area contributed by atoms with Crippen molar-refractivity contribution in [1.29, 1.82) is 0 Å². The van der Waals surface area contributed by atoms with E-state index in [0.717, 1.165) is 0 Å². The maximum Gasteiger partial charge on any atom is 0.673 e. The van der Waals surface area contributed by atoms with E-state index < -0.39 is 26.8 Å². The molecule has 6 heteroatoms. The normalized spacial score (nSPS) is 10.2. The van der Waals surface area contributed by atoms with Gasteiger partial charge in [0.25, 0.3) is 0 Å². The molecule has 2 rings (SSSR count). The van der Waals surface area contributed by atoms with Gasteiger partial charge in [0.05, 0.1) is 0 Å². The monoisotopic (exact) mass is 410 g/mol. The molecule has 0 fully saturated rings. The van der Waals surface area contributed by atoms with Crippen LogP contribution < -0.4 is 7.22 Å². The Morgan fingerprint density at radius 3 is 1.38 bits per heavy atom. The van der Waals surface area contributed by atoms with Gasteiger partial charge in [-0.15, -0.1) is 0 Å². The van der Waals surface area contributed by atoms with Gasteiger partial charge >= 0.3 is 112 Å². The molecule has 2 aromatic carbocycles. The van der Waals surface area contributed by atoms with Crippen LogP contribution in [-0.4, -0.2) is 26.8 Å². The Morgan fingerprint density at radius 1 is 0.762 bits per heavy atom. The van der Waals surface area contributed by atoms with Gasteiger partial charge in [-0.1, -0.05) is 0 Å². The van der Waals surface area contributed by atoms with Crippen molar-refractivity contribution in [1.82, 2.24) is 0 Å². The van der Waals surface area contributed by atoms with E-state index in [1.54, 1.807) is 0 Å². The molecule has 0 aliphatic carbocycles. The van der Waals surface area contributed by atoms with Crippen molar-refractivity contribution in [2.24, 2.45) is 0 Å². The number of hydrogen-bond acceptors (Lipinski definition) is 0. The third-order valence-electron chi connectivity index (χ3n) is 2.16. The first-order valence-electron chi connectivity index (χ1n) is 6.06. The third-order valence-corrected chi connectivity index (χ3v) is 7.57. The summed E-state index contributed by atoms with van der Waals surface area (Å²) in [5.74, 6) is 3.09. The summed E-state index contributed by atoms with van der Waals surface area (Å²) in [4.78, 5) is 0. The van der Waals surface area contributed by atoms with Crippen molar-refractivity contribution in [3.63, 3.8) is 0 Å². The number of rotatable bonds is 2. The summed E-state index contributed by atoms with van der Waals surface area (Å²) in [6, 6.07) is 21.3. The van der Waals surface area contributed by atoms with Gasteiger partial charge in [-0.2, -0.15) is 0 Å². The van der Waals surface area contributed by atoms with Crippen molar-refractivity contribution in [2.45, 2.75) is 6.92 Å². The molecule has 0 aliphatic heterocycles. The number of benzene rings is 2. The van der Waals surface area contributed by atoms with E-state index >= 15 is 0 Å². The first kappa shape index (κ1) is 17.6. The fourth-order valence-electron chi connectivity index (χ4n) is 1.47. The predicted molar refractivity (Wildman–Crippen MR) is 81.5 cm³/mol. The molecule has 0 unspecified atom stereocenters. The van der Waals surface area contributed by atoms with E-state index in [2.05, 4.69) is 70.6 Å². The Bertz CT molecular complexity index is 542. The van der Waals surface area contributed by atoms with Crippen molar-refractivity contribution < 1.29 is 17.3 Å². The molecular formula is C15H13BF4Te. The summed E-state index contributed by atoms with van der Waals surface area (Å²) < 4.78 is 45.3. The molecule has 21 heavy (non-hydrogen) atoms. The standard InChI is InChI=1S/C15H13Te.BF4/c1-2-13-16(14-9-5-3-6-10-14)15-11-7-4-8-12-15;2-1(3,4)5/h3-12H,1H3;/q+1;-1. The van der Waals surface area contributed by atoms with E-state index in [0.29, 0.717) is 0 Å². The first-order valence-corrected chi connectivity index (χ1v) is 9.55. The molecule has 0 spiro atoms. The Morgan fingerprint density at radius 2 is 1.10 bits per heavy atom. The fraction of sp³-hybridized carbons (Fsp3) is 0.0667. The zero-order valence-electron chi connectivity index (χ0n) is 11.3. The van der Waals surface area contributed by atoms with Crippen molar-refractivity contribution in [3.8, 4) is 9.89 Å². The van der Waals surface area contributed by atoms with Crippen LogP contribution in [-0.2, 0) is 0 Å². The number of hydrogen-bond donors (Lipinski definition) is 0. The van der Waals surface area contributed by atoms with Crippen molar-refractivity contribution >= 4 is 34.0 Å². The number of halogens is 4. The SMILES string of the molecule is CC#C[Te+](c1ccccc1)c1ccccc1.F[B-](F)(F)F. The Hall–Kier alpha value is -1.43. The predicted octanol–water partition coefficient (Wildman–Crippen LogP) is 3.16. The summed E-state index contributed by atoms with van der Waals surface area (Å²) in [5.41, 5.74) is 0. The van der Waals surface area contributed by atoms with Gasteiger partial charge in [-0.25, -0.2) is 0 Å². The molecule has 0 saturated heterocycles. The largest absolute Gasteiger partial charge is 0.673 e. The van der Waals surface area contributed by atoms with E-state index in [9.17, 15) is 17.3 Å². The second-order valence-electron chi connectivity index (χ2n) is 3.78. The Kier molecular flexibility index (Phi) is 7.36. The van der Waals surface area contributed by atoms with Gasteiger partial charge in [0.15, 0.2) is 0 Å². The minimum atomic E-state index is -6.00. The van der Waals surface area contributed by atoms with Gasteiger partial charge in [0, 0.05) is 0 Å². The maximum atomic E-state index is 9.75. The minimum absolute atomic E-state index is 1.42. The average Bonchev–Trinajstić information content (AvgIpc) is 2.45. The minimum Gasteiger partial charge on any atom is -0.418 e. The van der Waals surface area contributed by atoms with Crippen LogP contribution in [0.5, 0.6) is 0 Å². The van der Waals surface area contributed by atoms with Gasteiger partial charge in [0.1, 0.15) is 0 Å². The molecule has 2 aromatic rings. The Labute approximate surface area is 128 Å². The van der Waals surface area contributed by atoms with Gasteiger partial charge in [-0.3, -0.25) is 0 Å². The van der Waals surface area contributed by atoms with Crippen LogP contribution in [0.15, 0.2) is 60.7 Å². The van der Waals surface area contributed by atoms with Crippen LogP contribution in [0.4, 0.5) is 17.3 Å². The molecule has 0 heterocycles. The summed E-state index contributed by atoms with van der Waals surface area (Å²) in [6.45, 7) is 1.93. The van der Waals surface area contributed by atoms with Crippen LogP contribution in [0.1, 0.15) is 6.92 Å². The van der Waals surface area contributed by atoms with Crippen LogP contribution >= 0.6 is 0 Å². The quantitative estimate of drug-likeness (QED) is 0.408. The summed E-state index contributed by atoms with van der Waals surface area (Å²) in [6.07, 6.45) is 0. The van der Waals surface area contributed by atoms with E-state index in [1.165, 1.54) is 7.22 Å². The topological polar surface area (TPSA) is 0 Å². The molecule has 0 radical (unpaired) electrons. The molecule has 0 saturated carbocycles. The third kappa shape index (κ3) is 7.80. The summed E-state index contributed by atoms with van der Waals surface area (Å²) in [7, 11) is -6.00. The second kappa shape index (κ2) is 8.77. The van der Waals surface area contributed by atoms with Crippen LogP contribution in [0.2, 0.25) is 0 Å². The zero-order chi connectivity index (χ0) is 15.7. The van der Waals surface area contributed by atoms with Crippen LogP contribution in [0, 0.1) is 9.89 Å². The molecule has 0 amide bonds. The molecule has 0 N–H and O–H groups in total. The van der Waals surface area contributed by atoms with Crippen LogP contribution in [0.25, 0.3) is 0 Å². The molecule has 110 valence electrons. The van der Waals surface area contributed by atoms with Gasteiger partial charge in [-0.05, 0) is 0 Å². The Balaban J connectivity index is 0.000000383. The van der Waals surface area contributed by atoms with E-state index in [-0.39, 0.29) is 0 Å².